The van der Waals surface area contributed by atoms with Crippen LogP contribution in [0.5, 0.6) is 0 Å². The third-order valence-corrected chi connectivity index (χ3v) is 22.3. The predicted molar refractivity (Wildman–Crippen MR) is 335 cm³/mol. The highest BCUT2D eigenvalue weighted by Crippen LogP contribution is 2.53. The van der Waals surface area contributed by atoms with E-state index in [-0.39, 0.29) is 0 Å². The Morgan fingerprint density at radius 2 is 0.526 bits per heavy atom. The van der Waals surface area contributed by atoms with Gasteiger partial charge in [-0.3, -0.25) is 0 Å². The van der Waals surface area contributed by atoms with Gasteiger partial charge >= 0.3 is 0 Å². The van der Waals surface area contributed by atoms with Gasteiger partial charge in [-0.05, 0) is 196 Å². The molecule has 0 aromatic heterocycles. The second-order valence-electron chi connectivity index (χ2n) is 28.2. The van der Waals surface area contributed by atoms with Gasteiger partial charge in [0.1, 0.15) is 0 Å². The topological polar surface area (TPSA) is 0 Å². The van der Waals surface area contributed by atoms with Crippen molar-refractivity contribution in [2.75, 3.05) is 0 Å². The molecule has 0 nitrogen and oxygen atoms in total. The van der Waals surface area contributed by atoms with Crippen LogP contribution in [0.3, 0.4) is 0 Å². The normalized spacial score (nSPS) is 18.6. The summed E-state index contributed by atoms with van der Waals surface area (Å²) < 4.78 is 0. The third kappa shape index (κ3) is 11.8. The second-order valence-corrected chi connectivity index (χ2v) is 28.2. The Morgan fingerprint density at radius 3 is 0.921 bits per heavy atom. The smallest absolute Gasteiger partial charge is 0.00421 e. The Morgan fingerprint density at radius 1 is 0.237 bits per heavy atom. The van der Waals surface area contributed by atoms with Crippen LogP contribution in [-0.2, 0) is 61.2 Å². The zero-order valence-corrected chi connectivity index (χ0v) is 52.6. The van der Waals surface area contributed by atoms with Crippen molar-refractivity contribution >= 4 is 0 Å². The highest BCUT2D eigenvalue weighted by atomic mass is 14.5. The first-order valence-electron chi connectivity index (χ1n) is 31.3. The Kier molecular flexibility index (Phi) is 20.6. The molecule has 0 heterocycles. The van der Waals surface area contributed by atoms with E-state index in [2.05, 4.69) is 260 Å². The van der Waals surface area contributed by atoms with E-state index in [0.29, 0.717) is 27.1 Å². The molecular formula is C76H112. The molecule has 0 amide bonds. The van der Waals surface area contributed by atoms with E-state index in [1.807, 2.05) is 0 Å². The zero-order chi connectivity index (χ0) is 56.0. The summed E-state index contributed by atoms with van der Waals surface area (Å²) in [6.45, 7) is 47.6. The average molecular weight is 1030 g/mol. The van der Waals surface area contributed by atoms with Gasteiger partial charge in [0.15, 0.2) is 0 Å². The van der Waals surface area contributed by atoms with Gasteiger partial charge in [0.2, 0.25) is 0 Å². The van der Waals surface area contributed by atoms with Crippen LogP contribution in [0, 0.1) is 70.0 Å². The highest BCUT2D eigenvalue weighted by Gasteiger charge is 2.48. The predicted octanol–water partition coefficient (Wildman–Crippen LogP) is 21.1. The number of benzene rings is 5. The first-order chi connectivity index (χ1) is 35.9. The summed E-state index contributed by atoms with van der Waals surface area (Å²) in [5.74, 6) is 7.52. The van der Waals surface area contributed by atoms with Crippen LogP contribution in [0.1, 0.15) is 220 Å². The number of hydrogen-bond donors (Lipinski definition) is 0. The number of aryl methyl sites for hydroxylation is 3. The van der Waals surface area contributed by atoms with Crippen molar-refractivity contribution in [2.24, 2.45) is 70.0 Å². The lowest BCUT2D eigenvalue weighted by molar-refractivity contribution is 0.0902. The van der Waals surface area contributed by atoms with Crippen LogP contribution in [0.15, 0.2) is 121 Å². The fourth-order valence-corrected chi connectivity index (χ4v) is 17.0. The van der Waals surface area contributed by atoms with Crippen LogP contribution in [0.25, 0.3) is 0 Å². The Bertz CT molecular complexity index is 2520. The van der Waals surface area contributed by atoms with Crippen LogP contribution >= 0.6 is 0 Å². The lowest BCUT2D eigenvalue weighted by Gasteiger charge is -2.50. The molecule has 5 aliphatic rings. The Labute approximate surface area is 469 Å². The van der Waals surface area contributed by atoms with Gasteiger partial charge in [0.05, 0.1) is 0 Å². The first-order valence-corrected chi connectivity index (χ1v) is 31.3. The van der Waals surface area contributed by atoms with Gasteiger partial charge in [0, 0.05) is 16.2 Å². The van der Waals surface area contributed by atoms with Crippen LogP contribution in [0.4, 0.5) is 0 Å². The fourth-order valence-electron chi connectivity index (χ4n) is 17.0. The van der Waals surface area contributed by atoms with E-state index in [9.17, 15) is 0 Å². The molecule has 76 heavy (non-hydrogen) atoms. The molecule has 5 aromatic rings. The van der Waals surface area contributed by atoms with Crippen LogP contribution in [0.2, 0.25) is 0 Å². The minimum absolute atomic E-state index is 0.412. The van der Waals surface area contributed by atoms with E-state index in [1.54, 1.807) is 55.6 Å². The van der Waals surface area contributed by atoms with E-state index in [1.165, 1.54) is 70.6 Å². The maximum absolute atomic E-state index is 2.40. The van der Waals surface area contributed by atoms with Gasteiger partial charge in [-0.15, -0.1) is 0 Å². The van der Waals surface area contributed by atoms with Crippen molar-refractivity contribution in [3.63, 3.8) is 0 Å². The molecule has 5 aromatic carbocycles. The molecule has 10 rings (SSSR count). The molecule has 5 aliphatic carbocycles. The monoisotopic (exact) mass is 1020 g/mol. The van der Waals surface area contributed by atoms with Crippen molar-refractivity contribution in [3.8, 4) is 0 Å². The second kappa shape index (κ2) is 25.5. The number of hydrogen-bond acceptors (Lipinski definition) is 0. The summed E-state index contributed by atoms with van der Waals surface area (Å²) in [7, 11) is 0. The maximum Gasteiger partial charge on any atom is 0.00421 e. The SMILES string of the molecule is CC(C)C1(C(C)C)CCCc2ccccc21.CC(C)C1(C(C)C)CCc2ccccc21.CC(C)C1(C(C)C)CCc2ccccc2C1.CC(C)C1(C(C)C)Cc2ccccc21.CC(C)C1(C(C)C)Cc2ccccc2C1. The molecule has 0 saturated carbocycles. The molecular weight excluding hydrogens is 913 g/mol. The fraction of sp³-hybridized carbons (Fsp3) is 0.605. The minimum atomic E-state index is 0.412. The van der Waals surface area contributed by atoms with E-state index in [0.717, 1.165) is 59.2 Å². The molecule has 0 spiro atoms. The summed E-state index contributed by atoms with van der Waals surface area (Å²) in [5.41, 5.74) is 18.3. The first kappa shape index (κ1) is 61.3. The zero-order valence-electron chi connectivity index (χ0n) is 52.6. The molecule has 0 atom stereocenters. The average Bonchev–Trinajstić information content (AvgIpc) is 3.99. The summed E-state index contributed by atoms with van der Waals surface area (Å²) in [4.78, 5) is 0. The lowest BCUT2D eigenvalue weighted by atomic mass is 9.53. The highest BCUT2D eigenvalue weighted by molar-refractivity contribution is 5.46. The lowest BCUT2D eigenvalue weighted by Crippen LogP contribution is -2.47. The van der Waals surface area contributed by atoms with Crippen LogP contribution in [-0.4, -0.2) is 0 Å². The van der Waals surface area contributed by atoms with E-state index >= 15 is 0 Å². The van der Waals surface area contributed by atoms with Gasteiger partial charge in [0.25, 0.3) is 0 Å². The molecule has 0 heteroatoms. The standard InChI is InChI=1S/2C16H24.2C15H22.C14H20/c1-12(2)16(13(3)4)11-7-9-14-8-5-6-10-15(14)16;1-12(2)16(13(3)4)10-9-14-7-5-6-8-15(14)11-16;1-11(2)15(12(3)4)9-13-7-5-6-8-14(13)10-15;1-11(2)15(12(3)4)10-9-13-7-5-6-8-14(13)15;1-10(2)14(11(3)4)9-12-7-5-6-8-13(12)14/h5-6,8,10,12-13H,7,9,11H2,1-4H3;5-8,12-13H,9-11H2,1-4H3;2*5-8,11-12H,9-10H2,1-4H3;5-8,10-11H,9H2,1-4H3. The van der Waals surface area contributed by atoms with Crippen molar-refractivity contribution in [1.82, 2.24) is 0 Å². The van der Waals surface area contributed by atoms with Crippen molar-refractivity contribution in [3.05, 3.63) is 177 Å². The maximum atomic E-state index is 2.40. The van der Waals surface area contributed by atoms with E-state index in [4.69, 9.17) is 0 Å². The minimum Gasteiger partial charge on any atom is -0.0622 e. The molecule has 0 N–H and O–H groups in total. The van der Waals surface area contributed by atoms with Crippen molar-refractivity contribution in [1.29, 1.82) is 0 Å². The molecule has 0 radical (unpaired) electrons. The van der Waals surface area contributed by atoms with Crippen molar-refractivity contribution < 1.29 is 0 Å². The molecule has 416 valence electrons. The van der Waals surface area contributed by atoms with Crippen LogP contribution < -0.4 is 0 Å². The summed E-state index contributed by atoms with van der Waals surface area (Å²) in [6.07, 6.45) is 14.3. The Hall–Kier alpha value is -3.90. The summed E-state index contributed by atoms with van der Waals surface area (Å²) in [5, 5.41) is 0. The van der Waals surface area contributed by atoms with Gasteiger partial charge < -0.3 is 0 Å². The summed E-state index contributed by atoms with van der Waals surface area (Å²) in [6, 6.07) is 45.0. The Balaban J connectivity index is 0.000000154. The molecule has 0 unspecified atom stereocenters. The molecule has 0 fully saturated rings. The van der Waals surface area contributed by atoms with Gasteiger partial charge in [-0.1, -0.05) is 260 Å². The molecule has 0 saturated heterocycles. The van der Waals surface area contributed by atoms with Gasteiger partial charge in [-0.2, -0.15) is 0 Å². The summed E-state index contributed by atoms with van der Waals surface area (Å²) >= 11 is 0. The largest absolute Gasteiger partial charge is 0.0622 e. The third-order valence-electron chi connectivity index (χ3n) is 22.3. The quantitative estimate of drug-likeness (QED) is 0.131. The van der Waals surface area contributed by atoms with E-state index < -0.39 is 0 Å². The number of fused-ring (bicyclic) bond motifs is 5. The number of rotatable bonds is 10. The van der Waals surface area contributed by atoms with Gasteiger partial charge in [-0.25, -0.2) is 0 Å². The molecule has 0 aliphatic heterocycles. The van der Waals surface area contributed by atoms with Crippen molar-refractivity contribution in [2.45, 2.75) is 225 Å². The molecule has 0 bridgehead atoms.